The van der Waals surface area contributed by atoms with Crippen molar-refractivity contribution >= 4 is 72.6 Å². The number of nitrogens with zero attached hydrogens (tertiary/aromatic N) is 3. The lowest BCUT2D eigenvalue weighted by atomic mass is 10.1. The Hall–Kier alpha value is -1.94. The first-order valence-electron chi connectivity index (χ1n) is 9.73. The first-order chi connectivity index (χ1) is 15.3. The zero-order valence-corrected chi connectivity index (χ0v) is 21.4. The van der Waals surface area contributed by atoms with Crippen LogP contribution >= 0.6 is 55.1 Å². The van der Waals surface area contributed by atoms with Gasteiger partial charge in [-0.15, -0.1) is 0 Å². The number of benzene rings is 1. The van der Waals surface area contributed by atoms with Crippen LogP contribution in [-0.2, 0) is 0 Å². The van der Waals surface area contributed by atoms with Gasteiger partial charge in [0.2, 0.25) is 0 Å². The van der Waals surface area contributed by atoms with Crippen LogP contribution < -0.4 is 10.6 Å². The quantitative estimate of drug-likeness (QED) is 0.369. The number of pyridine rings is 1. The number of carbonyl (C=O) groups excluding carboxylic acids is 2. The van der Waals surface area contributed by atoms with Gasteiger partial charge in [-0.1, -0.05) is 23.2 Å². The van der Waals surface area contributed by atoms with Crippen molar-refractivity contribution in [3.63, 3.8) is 0 Å². The van der Waals surface area contributed by atoms with Crippen molar-refractivity contribution in [3.05, 3.63) is 66.9 Å². The van der Waals surface area contributed by atoms with E-state index in [-0.39, 0.29) is 28.2 Å². The summed E-state index contributed by atoms with van der Waals surface area (Å²) in [6.07, 6.45) is 3.77. The second kappa shape index (κ2) is 9.51. The third-order valence-electron chi connectivity index (χ3n) is 5.11. The molecule has 32 heavy (non-hydrogen) atoms. The van der Waals surface area contributed by atoms with Gasteiger partial charge < -0.3 is 10.6 Å². The molecular weight excluding hydrogens is 585 g/mol. The maximum absolute atomic E-state index is 13.1. The minimum Gasteiger partial charge on any atom is -0.349 e. The van der Waals surface area contributed by atoms with Crippen LogP contribution in [0, 0.1) is 5.92 Å². The molecule has 11 heteroatoms. The molecular formula is C21H17Br2Cl2N5O2. The molecule has 3 aromatic rings. The number of hydrogen-bond donors (Lipinski definition) is 2. The number of anilines is 1. The Bertz CT molecular complexity index is 1210. The molecule has 0 spiro atoms. The van der Waals surface area contributed by atoms with Crippen LogP contribution in [0.3, 0.4) is 0 Å². The summed E-state index contributed by atoms with van der Waals surface area (Å²) in [5.74, 6) is 0.0435. The highest BCUT2D eigenvalue weighted by Gasteiger charge is 2.30. The van der Waals surface area contributed by atoms with Gasteiger partial charge in [-0.25, -0.2) is 9.67 Å². The number of carbonyl (C=O) groups is 2. The van der Waals surface area contributed by atoms with Crippen molar-refractivity contribution in [1.29, 1.82) is 0 Å². The van der Waals surface area contributed by atoms with Crippen molar-refractivity contribution < 1.29 is 9.59 Å². The van der Waals surface area contributed by atoms with Crippen LogP contribution in [0.5, 0.6) is 0 Å². The highest BCUT2D eigenvalue weighted by atomic mass is 79.9. The predicted molar refractivity (Wildman–Crippen MR) is 131 cm³/mol. The Balaban J connectivity index is 1.62. The van der Waals surface area contributed by atoms with Crippen molar-refractivity contribution in [2.75, 3.05) is 5.32 Å². The van der Waals surface area contributed by atoms with Gasteiger partial charge >= 0.3 is 0 Å². The second-order valence-electron chi connectivity index (χ2n) is 7.41. The largest absolute Gasteiger partial charge is 0.349 e. The second-order valence-corrected chi connectivity index (χ2v) is 9.83. The van der Waals surface area contributed by atoms with Crippen LogP contribution in [0.25, 0.3) is 5.82 Å². The van der Waals surface area contributed by atoms with Crippen LogP contribution in [0.4, 0.5) is 5.69 Å². The monoisotopic (exact) mass is 599 g/mol. The molecule has 2 amide bonds. The highest BCUT2D eigenvalue weighted by molar-refractivity contribution is 9.10. The minimum atomic E-state index is -0.467. The molecule has 1 aromatic carbocycles. The molecule has 2 aromatic heterocycles. The van der Waals surface area contributed by atoms with Crippen LogP contribution in [-0.4, -0.2) is 32.6 Å². The summed E-state index contributed by atoms with van der Waals surface area (Å²) in [6.45, 7) is 1.98. The SMILES string of the molecule is CC(NC(=O)c1c(Cl)ccc(NC(=O)c2cc(Br)nn2-c2ncccc2Cl)c1Br)C1CC1. The van der Waals surface area contributed by atoms with E-state index in [1.807, 2.05) is 6.92 Å². The van der Waals surface area contributed by atoms with Crippen LogP contribution in [0.2, 0.25) is 10.0 Å². The highest BCUT2D eigenvalue weighted by Crippen LogP contribution is 2.35. The molecule has 1 aliphatic carbocycles. The van der Waals surface area contributed by atoms with Gasteiger partial charge in [0.1, 0.15) is 10.3 Å². The summed E-state index contributed by atoms with van der Waals surface area (Å²) in [6, 6.07) is 8.14. The fraction of sp³-hybridized carbons (Fsp3) is 0.238. The number of halogens is 4. The summed E-state index contributed by atoms with van der Waals surface area (Å²) >= 11 is 19.3. The molecule has 1 atom stereocenters. The van der Waals surface area contributed by atoms with E-state index in [0.29, 0.717) is 31.5 Å². The smallest absolute Gasteiger partial charge is 0.274 e. The summed E-state index contributed by atoms with van der Waals surface area (Å²) in [5.41, 5.74) is 0.853. The van der Waals surface area contributed by atoms with Crippen LogP contribution in [0.1, 0.15) is 40.6 Å². The molecule has 1 unspecified atom stereocenters. The molecule has 2 heterocycles. The van der Waals surface area contributed by atoms with Gasteiger partial charge in [0.05, 0.1) is 25.8 Å². The third kappa shape index (κ3) is 4.85. The first-order valence-corrected chi connectivity index (χ1v) is 12.1. The Morgan fingerprint density at radius 3 is 2.59 bits per heavy atom. The topological polar surface area (TPSA) is 88.9 Å². The van der Waals surface area contributed by atoms with E-state index in [9.17, 15) is 9.59 Å². The van der Waals surface area contributed by atoms with Gasteiger partial charge in [0, 0.05) is 18.3 Å². The molecule has 7 nitrogen and oxygen atoms in total. The van der Waals surface area contributed by atoms with E-state index in [1.165, 1.54) is 4.68 Å². The van der Waals surface area contributed by atoms with Gasteiger partial charge in [-0.05, 0) is 81.8 Å². The van der Waals surface area contributed by atoms with Gasteiger partial charge in [-0.2, -0.15) is 5.10 Å². The number of nitrogens with one attached hydrogen (secondary N) is 2. The molecule has 166 valence electrons. The van der Waals surface area contributed by atoms with Gasteiger partial charge in [0.15, 0.2) is 5.82 Å². The molecule has 0 saturated heterocycles. The average Bonchev–Trinajstić information content (AvgIpc) is 3.52. The number of rotatable bonds is 6. The Morgan fingerprint density at radius 2 is 1.91 bits per heavy atom. The van der Waals surface area contributed by atoms with Crippen LogP contribution in [0.15, 0.2) is 45.6 Å². The lowest BCUT2D eigenvalue weighted by Gasteiger charge is -2.16. The third-order valence-corrected chi connectivity index (χ3v) is 6.93. The molecule has 0 bridgehead atoms. The molecule has 2 N–H and O–H groups in total. The molecule has 0 aliphatic heterocycles. The standard InChI is InChI=1S/C21H17Br2Cl2N5O2/c1-10(11-4-5-11)27-21(32)17-12(24)6-7-14(18(17)23)28-20(31)15-9-16(22)29-30(15)19-13(25)3-2-8-26-19/h2-3,6-11H,4-5H2,1H3,(H,27,32)(H,28,31). The van der Waals surface area contributed by atoms with E-state index < -0.39 is 5.91 Å². The summed E-state index contributed by atoms with van der Waals surface area (Å²) in [4.78, 5) is 30.2. The fourth-order valence-corrected chi connectivity index (χ4v) is 4.80. The van der Waals surface area contributed by atoms with E-state index in [1.54, 1.807) is 36.5 Å². The Kier molecular flexibility index (Phi) is 6.90. The summed E-state index contributed by atoms with van der Waals surface area (Å²) < 4.78 is 2.17. The lowest BCUT2D eigenvalue weighted by Crippen LogP contribution is -2.34. The van der Waals surface area contributed by atoms with Crippen molar-refractivity contribution in [3.8, 4) is 5.82 Å². The van der Waals surface area contributed by atoms with E-state index in [2.05, 4.69) is 52.6 Å². The molecule has 4 rings (SSSR count). The van der Waals surface area contributed by atoms with Crippen molar-refractivity contribution in [2.24, 2.45) is 5.92 Å². The maximum Gasteiger partial charge on any atom is 0.274 e. The van der Waals surface area contributed by atoms with Gasteiger partial charge in [0.25, 0.3) is 11.8 Å². The molecule has 1 fully saturated rings. The average molecular weight is 602 g/mol. The van der Waals surface area contributed by atoms with E-state index >= 15 is 0 Å². The zero-order chi connectivity index (χ0) is 23.0. The fourth-order valence-electron chi connectivity index (χ4n) is 3.25. The minimum absolute atomic E-state index is 0.0542. The number of hydrogen-bond acceptors (Lipinski definition) is 4. The normalized spacial score (nSPS) is 14.2. The predicted octanol–water partition coefficient (Wildman–Crippen LogP) is 5.88. The first kappa shape index (κ1) is 23.2. The number of amides is 2. The van der Waals surface area contributed by atoms with E-state index in [4.69, 9.17) is 23.2 Å². The molecule has 0 radical (unpaired) electrons. The number of aromatic nitrogens is 3. The van der Waals surface area contributed by atoms with Crippen molar-refractivity contribution in [2.45, 2.75) is 25.8 Å². The maximum atomic E-state index is 13.1. The molecule has 1 aliphatic rings. The zero-order valence-electron chi connectivity index (χ0n) is 16.7. The van der Waals surface area contributed by atoms with E-state index in [0.717, 1.165) is 12.8 Å². The molecule has 1 saturated carbocycles. The Morgan fingerprint density at radius 1 is 1.16 bits per heavy atom. The van der Waals surface area contributed by atoms with Gasteiger partial charge in [-0.3, -0.25) is 9.59 Å². The Labute approximate surface area is 211 Å². The lowest BCUT2D eigenvalue weighted by molar-refractivity contribution is 0.0934. The summed E-state index contributed by atoms with van der Waals surface area (Å²) in [7, 11) is 0. The summed E-state index contributed by atoms with van der Waals surface area (Å²) in [5, 5.41) is 10.7. The van der Waals surface area contributed by atoms with Crippen molar-refractivity contribution in [1.82, 2.24) is 20.1 Å².